The number of piperidine rings is 1. The highest BCUT2D eigenvalue weighted by Gasteiger charge is 2.13. The molecule has 0 aromatic heterocycles. The van der Waals surface area contributed by atoms with Gasteiger partial charge in [0.15, 0.2) is 0 Å². The fraction of sp³-hybridized carbons (Fsp3) is 0.375. The molecule has 9 N–H and O–H groups in total. The van der Waals surface area contributed by atoms with Gasteiger partial charge in [0, 0.05) is 36.3 Å². The molecular weight excluding hydrogens is 322 g/mol. The van der Waals surface area contributed by atoms with Gasteiger partial charge in [-0.1, -0.05) is 11.8 Å². The lowest BCUT2D eigenvalue weighted by Gasteiger charge is -2.20. The van der Waals surface area contributed by atoms with Gasteiger partial charge in [0.1, 0.15) is 5.84 Å². The molecule has 2 aliphatic heterocycles. The Hall–Kier alpha value is -2.19. The van der Waals surface area contributed by atoms with Gasteiger partial charge in [-0.15, -0.1) is 0 Å². The van der Waals surface area contributed by atoms with E-state index in [4.69, 9.17) is 22.6 Å². The summed E-state index contributed by atoms with van der Waals surface area (Å²) >= 11 is 1.48. The Labute approximate surface area is 146 Å². The Kier molecular flexibility index (Phi) is 6.95. The molecule has 2 heterocycles. The minimum atomic E-state index is -0.0977. The Morgan fingerprint density at radius 3 is 2.71 bits per heavy atom. The maximum Gasteiger partial charge on any atom is 0.123 e. The first kappa shape index (κ1) is 18.2. The van der Waals surface area contributed by atoms with E-state index >= 15 is 0 Å². The lowest BCUT2D eigenvalue weighted by atomic mass is 9.98. The van der Waals surface area contributed by atoms with E-state index in [1.165, 1.54) is 18.0 Å². The molecule has 8 heteroatoms. The fourth-order valence-corrected chi connectivity index (χ4v) is 3.10. The molecule has 0 aromatic rings. The first-order chi connectivity index (χ1) is 11.6. The highest BCUT2D eigenvalue weighted by Crippen LogP contribution is 2.23. The number of nitrogens with two attached hydrogens (primary N) is 3. The van der Waals surface area contributed by atoms with Crippen LogP contribution >= 0.6 is 11.8 Å². The van der Waals surface area contributed by atoms with Gasteiger partial charge in [-0.3, -0.25) is 10.4 Å². The molecule has 0 aromatic carbocycles. The molecule has 0 bridgehead atoms. The van der Waals surface area contributed by atoms with Crippen molar-refractivity contribution in [2.45, 2.75) is 12.8 Å². The second-order valence-corrected chi connectivity index (χ2v) is 6.55. The van der Waals surface area contributed by atoms with Gasteiger partial charge >= 0.3 is 0 Å². The predicted molar refractivity (Wildman–Crippen MR) is 102 cm³/mol. The van der Waals surface area contributed by atoms with Crippen LogP contribution in [-0.2, 0) is 0 Å². The van der Waals surface area contributed by atoms with E-state index in [2.05, 4.69) is 15.6 Å². The number of hydrogen-bond donors (Lipinski definition) is 6. The first-order valence-electron chi connectivity index (χ1n) is 7.88. The van der Waals surface area contributed by atoms with E-state index in [9.17, 15) is 0 Å². The molecule has 1 saturated heterocycles. The number of nitrogens with one attached hydrogen (secondary N) is 3. The third-order valence-corrected chi connectivity index (χ3v) is 4.73. The lowest BCUT2D eigenvalue weighted by molar-refractivity contribution is 0.383. The standard InChI is InChI=1S/C16H25N7S/c17-8-12(10-22-9-11-1-3-21-4-2-11)13(15(19)20)7-14(18)16-23-5-6-24-16/h5-8,10-11,21,23H,1-4,9,17-18H2,(H3,19,20)/b12-8+,13-7-,16-14+,22-10?. The van der Waals surface area contributed by atoms with Crippen molar-refractivity contribution in [3.8, 4) is 0 Å². The zero-order chi connectivity index (χ0) is 17.4. The highest BCUT2D eigenvalue weighted by molar-refractivity contribution is 8.06. The van der Waals surface area contributed by atoms with E-state index in [-0.39, 0.29) is 5.84 Å². The van der Waals surface area contributed by atoms with Crippen molar-refractivity contribution < 1.29 is 0 Å². The van der Waals surface area contributed by atoms with Crippen LogP contribution in [0, 0.1) is 11.3 Å². The molecule has 0 radical (unpaired) electrons. The van der Waals surface area contributed by atoms with Crippen LogP contribution in [-0.4, -0.2) is 31.7 Å². The van der Waals surface area contributed by atoms with Gasteiger partial charge in [-0.2, -0.15) is 0 Å². The molecule has 130 valence electrons. The molecule has 2 rings (SSSR count). The number of allylic oxidation sites excluding steroid dienone is 1. The molecule has 0 aliphatic carbocycles. The van der Waals surface area contributed by atoms with Gasteiger partial charge in [0.2, 0.25) is 0 Å². The lowest BCUT2D eigenvalue weighted by Crippen LogP contribution is -2.29. The summed E-state index contributed by atoms with van der Waals surface area (Å²) < 4.78 is 0. The molecule has 1 fully saturated rings. The van der Waals surface area contributed by atoms with E-state index < -0.39 is 0 Å². The predicted octanol–water partition coefficient (Wildman–Crippen LogP) is 0.697. The van der Waals surface area contributed by atoms with Crippen LogP contribution in [0.5, 0.6) is 0 Å². The molecule has 0 saturated carbocycles. The molecule has 7 nitrogen and oxygen atoms in total. The summed E-state index contributed by atoms with van der Waals surface area (Å²) in [6.45, 7) is 2.84. The molecule has 0 atom stereocenters. The summed E-state index contributed by atoms with van der Waals surface area (Å²) in [5.41, 5.74) is 19.0. The van der Waals surface area contributed by atoms with Crippen LogP contribution in [0.2, 0.25) is 0 Å². The molecule has 2 aliphatic rings. The second-order valence-electron chi connectivity index (χ2n) is 5.63. The fourth-order valence-electron chi connectivity index (χ4n) is 2.50. The summed E-state index contributed by atoms with van der Waals surface area (Å²) in [4.78, 5) is 4.49. The third-order valence-electron chi connectivity index (χ3n) is 3.86. The number of amidine groups is 1. The number of nitrogens with zero attached hydrogens (tertiary/aromatic N) is 1. The zero-order valence-corrected chi connectivity index (χ0v) is 14.4. The van der Waals surface area contributed by atoms with Gasteiger partial charge < -0.3 is 27.8 Å². The topological polar surface area (TPSA) is 138 Å². The van der Waals surface area contributed by atoms with E-state index in [1.807, 2.05) is 5.41 Å². The van der Waals surface area contributed by atoms with E-state index in [1.54, 1.807) is 18.5 Å². The Morgan fingerprint density at radius 1 is 1.38 bits per heavy atom. The van der Waals surface area contributed by atoms with Gasteiger partial charge in [-0.05, 0) is 43.3 Å². The van der Waals surface area contributed by atoms with Crippen molar-refractivity contribution in [3.63, 3.8) is 0 Å². The molecule has 0 spiro atoms. The zero-order valence-electron chi connectivity index (χ0n) is 13.6. The van der Waals surface area contributed by atoms with Gasteiger partial charge in [-0.25, -0.2) is 0 Å². The SMILES string of the molecule is N=C(N)C(=C\C(N)=C1\NC=CS1)/C(C=NCC1CCNCC1)=C/N. The van der Waals surface area contributed by atoms with Crippen LogP contribution in [0.25, 0.3) is 0 Å². The summed E-state index contributed by atoms with van der Waals surface area (Å²) in [5, 5.41) is 16.9. The van der Waals surface area contributed by atoms with Crippen molar-refractivity contribution in [1.29, 1.82) is 5.41 Å². The largest absolute Gasteiger partial charge is 0.404 e. The molecule has 0 amide bonds. The van der Waals surface area contributed by atoms with Gasteiger partial charge in [0.25, 0.3) is 0 Å². The van der Waals surface area contributed by atoms with E-state index in [0.29, 0.717) is 22.8 Å². The van der Waals surface area contributed by atoms with Crippen molar-refractivity contribution in [2.75, 3.05) is 19.6 Å². The number of rotatable bonds is 6. The minimum Gasteiger partial charge on any atom is -0.404 e. The van der Waals surface area contributed by atoms with Crippen LogP contribution in [0.1, 0.15) is 12.8 Å². The summed E-state index contributed by atoms with van der Waals surface area (Å²) in [7, 11) is 0. The van der Waals surface area contributed by atoms with E-state index in [0.717, 1.165) is 37.5 Å². The maximum atomic E-state index is 7.80. The molecule has 24 heavy (non-hydrogen) atoms. The normalized spacial score (nSPS) is 22.0. The highest BCUT2D eigenvalue weighted by atomic mass is 32.2. The van der Waals surface area contributed by atoms with Crippen molar-refractivity contribution in [2.24, 2.45) is 28.1 Å². The Morgan fingerprint density at radius 2 is 2.12 bits per heavy atom. The average molecular weight is 347 g/mol. The quantitative estimate of drug-likeness (QED) is 0.237. The first-order valence-corrected chi connectivity index (χ1v) is 8.76. The summed E-state index contributed by atoms with van der Waals surface area (Å²) in [5.74, 6) is 0.489. The average Bonchev–Trinajstić information content (AvgIpc) is 3.12. The number of thioether (sulfide) groups is 1. The monoisotopic (exact) mass is 347 g/mol. The second kappa shape index (κ2) is 9.19. The van der Waals surface area contributed by atoms with Crippen LogP contribution in [0.4, 0.5) is 0 Å². The van der Waals surface area contributed by atoms with Gasteiger partial charge in [0.05, 0.1) is 10.7 Å². The minimum absolute atomic E-state index is 0.0977. The van der Waals surface area contributed by atoms with Crippen molar-refractivity contribution in [3.05, 3.63) is 45.8 Å². The molecule has 0 unspecified atom stereocenters. The van der Waals surface area contributed by atoms with Crippen LogP contribution in [0.3, 0.4) is 0 Å². The number of aliphatic imine (C=N–C) groups is 1. The summed E-state index contributed by atoms with van der Waals surface area (Å²) in [6, 6.07) is 0. The molecular formula is C16H25N7S. The Balaban J connectivity index is 2.09. The van der Waals surface area contributed by atoms with Crippen LogP contribution in [0.15, 0.2) is 50.7 Å². The van der Waals surface area contributed by atoms with Crippen LogP contribution < -0.4 is 27.8 Å². The smallest absolute Gasteiger partial charge is 0.123 e. The maximum absolute atomic E-state index is 7.80. The third kappa shape index (κ3) is 5.17. The summed E-state index contributed by atoms with van der Waals surface area (Å²) in [6.07, 6.45) is 8.80. The number of hydrogen-bond acceptors (Lipinski definition) is 7. The van der Waals surface area contributed by atoms with Crippen molar-refractivity contribution >= 4 is 23.8 Å². The Bertz CT molecular complexity index is 600. The van der Waals surface area contributed by atoms with Crippen molar-refractivity contribution in [1.82, 2.24) is 10.6 Å².